The zero-order valence-electron chi connectivity index (χ0n) is 26.5. The van der Waals surface area contributed by atoms with E-state index in [0.717, 1.165) is 49.7 Å². The maximum atomic E-state index is 13.8. The lowest BCUT2D eigenvalue weighted by atomic mass is 9.81. The van der Waals surface area contributed by atoms with Crippen molar-refractivity contribution in [1.82, 2.24) is 31.1 Å². The van der Waals surface area contributed by atoms with E-state index in [1.54, 1.807) is 6.07 Å². The van der Waals surface area contributed by atoms with Crippen molar-refractivity contribution in [3.05, 3.63) is 47.3 Å². The number of nitrogens with one attached hydrogen (secondary N) is 4. The number of aliphatic imine (C=N–C) groups is 1. The summed E-state index contributed by atoms with van der Waals surface area (Å²) in [6.45, 7) is 2.90. The second-order valence-corrected chi connectivity index (χ2v) is 16.1. The van der Waals surface area contributed by atoms with Crippen LogP contribution in [0.25, 0.3) is 0 Å². The topological polar surface area (TPSA) is 185 Å². The van der Waals surface area contributed by atoms with E-state index in [-0.39, 0.29) is 36.7 Å². The normalized spacial score (nSPS) is 31.5. The molecule has 4 heterocycles. The Balaban J connectivity index is 1.23. The minimum atomic E-state index is -2.73. The van der Waals surface area contributed by atoms with Crippen molar-refractivity contribution < 1.29 is 34.1 Å². The van der Waals surface area contributed by atoms with Crippen LogP contribution in [0.15, 0.2) is 35.6 Å². The molecular formula is C32H38Cl3N7O7. The Kier molecular flexibility index (Phi) is 8.70. The number of alkyl halides is 3. The molecule has 1 spiro atoms. The van der Waals surface area contributed by atoms with Crippen LogP contribution in [-0.2, 0) is 27.2 Å². The first-order chi connectivity index (χ1) is 23.2. The van der Waals surface area contributed by atoms with Crippen molar-refractivity contribution in [2.24, 2.45) is 16.8 Å². The average Bonchev–Trinajstić information content (AvgIpc) is 3.62. The molecule has 1 aromatic carbocycles. The van der Waals surface area contributed by atoms with Crippen LogP contribution in [0.5, 0.6) is 0 Å². The molecule has 0 aromatic heterocycles. The van der Waals surface area contributed by atoms with E-state index in [1.165, 1.54) is 9.80 Å². The van der Waals surface area contributed by atoms with Gasteiger partial charge in [-0.3, -0.25) is 24.6 Å². The molecule has 4 aliphatic heterocycles. The Morgan fingerprint density at radius 2 is 1.78 bits per heavy atom. The van der Waals surface area contributed by atoms with E-state index < -0.39 is 63.8 Å². The lowest BCUT2D eigenvalue weighted by Gasteiger charge is -2.49. The van der Waals surface area contributed by atoms with E-state index in [1.807, 2.05) is 12.1 Å². The molecule has 17 heteroatoms. The third-order valence-electron chi connectivity index (χ3n) is 10.7. The molecule has 6 aliphatic rings. The summed E-state index contributed by atoms with van der Waals surface area (Å²) >= 11 is 17.3. The standard InChI is InChI=1S/C32H38Cl3N7O7/c1-16-36-24-22(13-41-26(44)20-10-4-5-11-21(20)27(41)45)37-28(39-29(46)49-15-30(33,34)35)42-14-23(32(47,48)31(24,42)40-16)38-25(43)19-12-6-8-17-7-2-3-9-18(17)19/h6,8,12,20-24,36,40,47-48H,1-5,7,9-11,13-15H2,(H,38,43)(H,37,39,46)/t20?,21?,22-,23-,24-,31-/m0/s1. The summed E-state index contributed by atoms with van der Waals surface area (Å²) in [6, 6.07) is 2.16. The van der Waals surface area contributed by atoms with Crippen LogP contribution in [0.1, 0.15) is 60.0 Å². The summed E-state index contributed by atoms with van der Waals surface area (Å²) in [6.07, 6.45) is 5.40. The lowest BCUT2D eigenvalue weighted by molar-refractivity contribution is -0.231. The van der Waals surface area contributed by atoms with Gasteiger partial charge in [-0.05, 0) is 55.7 Å². The van der Waals surface area contributed by atoms with Crippen LogP contribution in [-0.4, -0.2) is 103 Å². The minimum absolute atomic E-state index is 0.183. The van der Waals surface area contributed by atoms with Gasteiger partial charge >= 0.3 is 6.09 Å². The molecule has 1 aromatic rings. The molecule has 14 nitrogen and oxygen atoms in total. The lowest BCUT2D eigenvalue weighted by Crippen LogP contribution is -2.78. The summed E-state index contributed by atoms with van der Waals surface area (Å²) in [4.78, 5) is 61.1. The van der Waals surface area contributed by atoms with Crippen molar-refractivity contribution in [3.8, 4) is 0 Å². The van der Waals surface area contributed by atoms with Crippen LogP contribution in [0.3, 0.4) is 0 Å². The van der Waals surface area contributed by atoms with Gasteiger partial charge in [0.2, 0.25) is 27.4 Å². The SMILES string of the molecule is C=C1N[C@H]2[C@H](CN3C(=O)C4CCCCC4C3=O)N=C(NC(=O)OCC(Cl)(Cl)Cl)N3C[C@H](NC(=O)c4cccc5c4CCCC5)C(O)(O)[C@]23N1. The largest absolute Gasteiger partial charge is 0.445 e. The van der Waals surface area contributed by atoms with E-state index >= 15 is 0 Å². The van der Waals surface area contributed by atoms with Gasteiger partial charge in [-0.15, -0.1) is 0 Å². The van der Waals surface area contributed by atoms with Gasteiger partial charge in [-0.2, -0.15) is 0 Å². The number of alkyl carbamates (subject to hydrolysis) is 1. The quantitative estimate of drug-likeness (QED) is 0.147. The Morgan fingerprint density at radius 3 is 2.47 bits per heavy atom. The predicted octanol–water partition coefficient (Wildman–Crippen LogP) is 1.40. The Hall–Kier alpha value is -3.30. The number of rotatable bonds is 5. The number of amides is 4. The first-order valence-electron chi connectivity index (χ1n) is 16.5. The Labute approximate surface area is 297 Å². The number of aryl methyl sites for hydroxylation is 1. The van der Waals surface area contributed by atoms with Crippen LogP contribution in [0.2, 0.25) is 0 Å². The first kappa shape index (κ1) is 34.2. The summed E-state index contributed by atoms with van der Waals surface area (Å²) in [5, 5.41) is 35.8. The fraction of sp³-hybridized carbons (Fsp3) is 0.594. The predicted molar refractivity (Wildman–Crippen MR) is 178 cm³/mol. The summed E-state index contributed by atoms with van der Waals surface area (Å²) in [5.41, 5.74) is 0.552. The molecule has 3 saturated heterocycles. The maximum absolute atomic E-state index is 13.8. The van der Waals surface area contributed by atoms with Gasteiger partial charge in [0.15, 0.2) is 5.66 Å². The second kappa shape index (κ2) is 12.5. The highest BCUT2D eigenvalue weighted by Crippen LogP contribution is 2.46. The number of halogens is 3. The third-order valence-corrected chi connectivity index (χ3v) is 11.0. The molecule has 4 fully saturated rings. The highest BCUT2D eigenvalue weighted by atomic mass is 35.6. The zero-order valence-corrected chi connectivity index (χ0v) is 28.8. The number of guanidine groups is 1. The van der Waals surface area contributed by atoms with Crippen LogP contribution in [0.4, 0.5) is 4.79 Å². The maximum Gasteiger partial charge on any atom is 0.414 e. The number of likely N-dealkylation sites (tertiary alicyclic amines) is 1. The third kappa shape index (κ3) is 5.78. The molecule has 2 aliphatic carbocycles. The van der Waals surface area contributed by atoms with Gasteiger partial charge < -0.3 is 35.8 Å². The highest BCUT2D eigenvalue weighted by Gasteiger charge is 2.74. The Bertz CT molecular complexity index is 1610. The first-order valence-corrected chi connectivity index (χ1v) is 17.7. The molecule has 0 radical (unpaired) electrons. The number of carbonyl (C=O) groups is 4. The average molecular weight is 739 g/mol. The number of fused-ring (bicyclic) bond motifs is 2. The second-order valence-electron chi connectivity index (χ2n) is 13.6. The van der Waals surface area contributed by atoms with Gasteiger partial charge in [0, 0.05) is 12.1 Å². The molecule has 6 atom stereocenters. The molecule has 2 unspecified atom stereocenters. The van der Waals surface area contributed by atoms with Crippen LogP contribution in [0, 0.1) is 11.8 Å². The molecule has 1 saturated carbocycles. The molecule has 7 rings (SSSR count). The smallest absolute Gasteiger partial charge is 0.414 e. The van der Waals surface area contributed by atoms with Crippen LogP contribution < -0.4 is 21.3 Å². The van der Waals surface area contributed by atoms with Gasteiger partial charge in [-0.1, -0.05) is 66.4 Å². The van der Waals surface area contributed by atoms with E-state index in [2.05, 4.69) is 27.8 Å². The number of imide groups is 1. The molecule has 264 valence electrons. The summed E-state index contributed by atoms with van der Waals surface area (Å²) < 4.78 is 3.18. The summed E-state index contributed by atoms with van der Waals surface area (Å²) in [5.74, 6) is -4.64. The van der Waals surface area contributed by atoms with Crippen LogP contribution >= 0.6 is 34.8 Å². The molecule has 0 bridgehead atoms. The van der Waals surface area contributed by atoms with Gasteiger partial charge in [0.05, 0.1) is 36.3 Å². The van der Waals surface area contributed by atoms with Gasteiger partial charge in [0.1, 0.15) is 12.6 Å². The van der Waals surface area contributed by atoms with E-state index in [9.17, 15) is 29.4 Å². The van der Waals surface area contributed by atoms with Crippen molar-refractivity contribution in [2.45, 2.75) is 84.7 Å². The van der Waals surface area contributed by atoms with Gasteiger partial charge in [-0.25, -0.2) is 9.79 Å². The molecular weight excluding hydrogens is 701 g/mol. The molecule has 4 amide bonds. The van der Waals surface area contributed by atoms with Crippen molar-refractivity contribution in [2.75, 3.05) is 19.7 Å². The highest BCUT2D eigenvalue weighted by molar-refractivity contribution is 6.67. The van der Waals surface area contributed by atoms with Crippen molar-refractivity contribution >= 4 is 64.6 Å². The fourth-order valence-electron chi connectivity index (χ4n) is 8.53. The Morgan fingerprint density at radius 1 is 1.08 bits per heavy atom. The van der Waals surface area contributed by atoms with Crippen molar-refractivity contribution in [3.63, 3.8) is 0 Å². The zero-order chi connectivity index (χ0) is 34.9. The number of aliphatic hydroxyl groups is 2. The number of nitrogens with zero attached hydrogens (tertiary/aromatic N) is 3. The van der Waals surface area contributed by atoms with E-state index in [4.69, 9.17) is 44.5 Å². The fourth-order valence-corrected chi connectivity index (χ4v) is 8.70. The van der Waals surface area contributed by atoms with E-state index in [0.29, 0.717) is 18.4 Å². The van der Waals surface area contributed by atoms with Crippen molar-refractivity contribution in [1.29, 1.82) is 0 Å². The van der Waals surface area contributed by atoms with Gasteiger partial charge in [0.25, 0.3) is 5.91 Å². The number of carbonyl (C=O) groups excluding carboxylic acids is 4. The summed E-state index contributed by atoms with van der Waals surface area (Å²) in [7, 11) is 0. The number of hydrogen-bond donors (Lipinski definition) is 6. The number of benzene rings is 1. The number of ether oxygens (including phenoxy) is 1. The minimum Gasteiger partial charge on any atom is -0.445 e. The number of hydrogen-bond acceptors (Lipinski definition) is 11. The molecule has 49 heavy (non-hydrogen) atoms. The monoisotopic (exact) mass is 737 g/mol. The molecule has 6 N–H and O–H groups in total.